The molecule has 4 heteroatoms. The minimum Gasteiger partial charge on any atom is -0.462 e. The van der Waals surface area contributed by atoms with E-state index < -0.39 is 11.6 Å². The molecule has 0 unspecified atom stereocenters. The van der Waals surface area contributed by atoms with Gasteiger partial charge in [-0.05, 0) is 31.4 Å². The van der Waals surface area contributed by atoms with Crippen molar-refractivity contribution in [2.24, 2.45) is 0 Å². The van der Waals surface area contributed by atoms with E-state index in [1.807, 2.05) is 32.9 Å². The summed E-state index contributed by atoms with van der Waals surface area (Å²) in [6.45, 7) is 9.38. The summed E-state index contributed by atoms with van der Waals surface area (Å²) >= 11 is 0. The maximum atomic E-state index is 12.1. The molecular formula is C18H24O4. The Morgan fingerprint density at radius 1 is 1.23 bits per heavy atom. The molecule has 0 amide bonds. The van der Waals surface area contributed by atoms with Gasteiger partial charge in [0, 0.05) is 12.5 Å². The van der Waals surface area contributed by atoms with Crippen LogP contribution in [0.3, 0.4) is 0 Å². The fourth-order valence-electron chi connectivity index (χ4n) is 2.26. The van der Waals surface area contributed by atoms with E-state index in [1.165, 1.54) is 0 Å². The van der Waals surface area contributed by atoms with Gasteiger partial charge in [0.1, 0.15) is 5.60 Å². The Hall–Kier alpha value is -2.10. The van der Waals surface area contributed by atoms with Crippen molar-refractivity contribution in [3.05, 3.63) is 48.0 Å². The van der Waals surface area contributed by atoms with Crippen LogP contribution in [0, 0.1) is 6.92 Å². The van der Waals surface area contributed by atoms with Gasteiger partial charge in [-0.15, -0.1) is 0 Å². The third-order valence-corrected chi connectivity index (χ3v) is 3.93. The summed E-state index contributed by atoms with van der Waals surface area (Å²) in [4.78, 5) is 23.5. The lowest BCUT2D eigenvalue weighted by molar-refractivity contribution is -0.156. The first-order valence-electron chi connectivity index (χ1n) is 7.56. The summed E-state index contributed by atoms with van der Waals surface area (Å²) in [5.74, 6) is -0.803. The maximum absolute atomic E-state index is 12.1. The Morgan fingerprint density at radius 2 is 1.86 bits per heavy atom. The quantitative estimate of drug-likeness (QED) is 0.541. The molecule has 0 aliphatic rings. The number of hydrogen-bond donors (Lipinski definition) is 0. The van der Waals surface area contributed by atoms with Crippen LogP contribution in [-0.2, 0) is 14.3 Å². The van der Waals surface area contributed by atoms with E-state index in [0.717, 1.165) is 11.6 Å². The first-order chi connectivity index (χ1) is 10.5. The number of hydrogen-bond acceptors (Lipinski definition) is 4. The predicted octanol–water partition coefficient (Wildman–Crippen LogP) is 3.83. The minimum atomic E-state index is -0.614. The second-order valence-electron chi connectivity index (χ2n) is 5.22. The van der Waals surface area contributed by atoms with Crippen molar-refractivity contribution in [2.75, 3.05) is 6.61 Å². The molecule has 0 aromatic heterocycles. The first-order valence-corrected chi connectivity index (χ1v) is 7.56. The fourth-order valence-corrected chi connectivity index (χ4v) is 2.26. The zero-order valence-electron chi connectivity index (χ0n) is 13.6. The molecule has 0 N–H and O–H groups in total. The highest BCUT2D eigenvalue weighted by atomic mass is 16.6. The molecule has 0 bridgehead atoms. The van der Waals surface area contributed by atoms with Crippen molar-refractivity contribution in [3.63, 3.8) is 0 Å². The van der Waals surface area contributed by atoms with E-state index in [2.05, 4.69) is 6.58 Å². The largest absolute Gasteiger partial charge is 0.462 e. The third kappa shape index (κ3) is 4.72. The Morgan fingerprint density at radius 3 is 2.41 bits per heavy atom. The summed E-state index contributed by atoms with van der Waals surface area (Å²) in [6, 6.07) is 7.28. The van der Waals surface area contributed by atoms with Crippen LogP contribution in [-0.4, -0.2) is 24.1 Å². The lowest BCUT2D eigenvalue weighted by Gasteiger charge is -2.30. The molecule has 0 radical (unpaired) electrons. The van der Waals surface area contributed by atoms with Crippen molar-refractivity contribution in [2.45, 2.75) is 45.6 Å². The minimum absolute atomic E-state index is 0.208. The van der Waals surface area contributed by atoms with Crippen LogP contribution < -0.4 is 0 Å². The Kier molecular flexibility index (Phi) is 6.83. The third-order valence-electron chi connectivity index (χ3n) is 3.93. The van der Waals surface area contributed by atoms with E-state index in [4.69, 9.17) is 9.47 Å². The average Bonchev–Trinajstić information content (AvgIpc) is 2.53. The monoisotopic (exact) mass is 304 g/mol. The topological polar surface area (TPSA) is 52.6 Å². The summed E-state index contributed by atoms with van der Waals surface area (Å²) in [7, 11) is 0. The van der Waals surface area contributed by atoms with Crippen molar-refractivity contribution < 1.29 is 19.1 Å². The smallest absolute Gasteiger partial charge is 0.338 e. The van der Waals surface area contributed by atoms with Crippen LogP contribution in [0.15, 0.2) is 36.9 Å². The molecule has 0 spiro atoms. The molecule has 1 aromatic carbocycles. The van der Waals surface area contributed by atoms with Gasteiger partial charge in [-0.3, -0.25) is 0 Å². The molecule has 4 nitrogen and oxygen atoms in total. The van der Waals surface area contributed by atoms with Crippen molar-refractivity contribution in [1.29, 1.82) is 0 Å². The lowest BCUT2D eigenvalue weighted by atomic mass is 9.93. The van der Waals surface area contributed by atoms with Crippen molar-refractivity contribution in [1.82, 2.24) is 0 Å². The summed E-state index contributed by atoms with van der Waals surface area (Å²) < 4.78 is 10.8. The molecule has 0 heterocycles. The Bertz CT molecular complexity index is 530. The van der Waals surface area contributed by atoms with Gasteiger partial charge in [0.2, 0.25) is 0 Å². The van der Waals surface area contributed by atoms with E-state index in [1.54, 1.807) is 12.1 Å². The Labute approximate surface area is 132 Å². The van der Waals surface area contributed by atoms with Crippen molar-refractivity contribution in [3.8, 4) is 0 Å². The second-order valence-corrected chi connectivity index (χ2v) is 5.22. The molecule has 0 aliphatic heterocycles. The van der Waals surface area contributed by atoms with Gasteiger partial charge < -0.3 is 9.47 Å². The highest BCUT2D eigenvalue weighted by molar-refractivity contribution is 5.90. The summed E-state index contributed by atoms with van der Waals surface area (Å²) in [5, 5.41) is 0. The first kappa shape index (κ1) is 18.0. The van der Waals surface area contributed by atoms with Crippen LogP contribution >= 0.6 is 0 Å². The van der Waals surface area contributed by atoms with Crippen LogP contribution in [0.2, 0.25) is 0 Å². The Balaban J connectivity index is 2.63. The van der Waals surface area contributed by atoms with Crippen LogP contribution in [0.1, 0.15) is 49.0 Å². The number of aryl methyl sites for hydroxylation is 1. The molecule has 0 saturated carbocycles. The lowest BCUT2D eigenvalue weighted by Crippen LogP contribution is -2.35. The van der Waals surface area contributed by atoms with Crippen LogP contribution in [0.25, 0.3) is 0 Å². The van der Waals surface area contributed by atoms with Gasteiger partial charge in [-0.25, -0.2) is 9.59 Å². The number of rotatable bonds is 8. The van der Waals surface area contributed by atoms with Crippen LogP contribution in [0.5, 0.6) is 0 Å². The van der Waals surface area contributed by atoms with Gasteiger partial charge in [-0.1, -0.05) is 38.6 Å². The van der Waals surface area contributed by atoms with E-state index in [-0.39, 0.29) is 12.6 Å². The zero-order valence-corrected chi connectivity index (χ0v) is 13.6. The summed E-state index contributed by atoms with van der Waals surface area (Å²) in [5.41, 5.74) is 0.823. The van der Waals surface area contributed by atoms with Gasteiger partial charge in [0.05, 0.1) is 12.2 Å². The maximum Gasteiger partial charge on any atom is 0.338 e. The molecule has 120 valence electrons. The van der Waals surface area contributed by atoms with E-state index in [0.29, 0.717) is 24.8 Å². The molecule has 0 saturated heterocycles. The normalized spacial score (nSPS) is 10.9. The number of carbonyl (C=O) groups excluding carboxylic acids is 2. The van der Waals surface area contributed by atoms with E-state index >= 15 is 0 Å². The van der Waals surface area contributed by atoms with Gasteiger partial charge in [0.15, 0.2) is 0 Å². The fraction of sp³-hybridized carbons (Fsp3) is 0.444. The zero-order chi connectivity index (χ0) is 16.6. The molecule has 0 fully saturated rings. The standard InChI is InChI=1S/C18H24O4/c1-5-16(19)22-18(6-2,7-3)12-13-21-17(20)15-11-9-8-10-14(15)4/h5,8-11H,1,6-7,12-13H2,2-4H3. The molecular weight excluding hydrogens is 280 g/mol. The van der Waals surface area contributed by atoms with Crippen molar-refractivity contribution >= 4 is 11.9 Å². The second kappa shape index (κ2) is 8.37. The number of benzene rings is 1. The molecule has 0 aliphatic carbocycles. The van der Waals surface area contributed by atoms with Gasteiger partial charge in [-0.2, -0.15) is 0 Å². The molecule has 22 heavy (non-hydrogen) atoms. The summed E-state index contributed by atoms with van der Waals surface area (Å²) in [6.07, 6.45) is 2.94. The molecule has 0 atom stereocenters. The highest BCUT2D eigenvalue weighted by Crippen LogP contribution is 2.25. The SMILES string of the molecule is C=CC(=O)OC(CC)(CC)CCOC(=O)c1ccccc1C. The van der Waals surface area contributed by atoms with Gasteiger partial charge in [0.25, 0.3) is 0 Å². The van der Waals surface area contributed by atoms with Crippen LogP contribution in [0.4, 0.5) is 0 Å². The van der Waals surface area contributed by atoms with E-state index in [9.17, 15) is 9.59 Å². The predicted molar refractivity (Wildman–Crippen MR) is 85.7 cm³/mol. The molecule has 1 aromatic rings. The van der Waals surface area contributed by atoms with Gasteiger partial charge >= 0.3 is 11.9 Å². The average molecular weight is 304 g/mol. The molecule has 1 rings (SSSR count). The number of esters is 2. The highest BCUT2D eigenvalue weighted by Gasteiger charge is 2.30. The number of ether oxygens (including phenoxy) is 2. The number of carbonyl (C=O) groups is 2.